The lowest BCUT2D eigenvalue weighted by atomic mass is 9.69. The van der Waals surface area contributed by atoms with Gasteiger partial charge in [-0.05, 0) is 62.2 Å². The van der Waals surface area contributed by atoms with Crippen LogP contribution in [0.15, 0.2) is 12.7 Å². The number of hydrogen-bond acceptors (Lipinski definition) is 1. The van der Waals surface area contributed by atoms with Gasteiger partial charge < -0.3 is 4.74 Å². The molecular weight excluding hydrogens is 232 g/mol. The molecule has 0 radical (unpaired) electrons. The first kappa shape index (κ1) is 15.1. The molecule has 0 aromatic rings. The van der Waals surface area contributed by atoms with Crippen LogP contribution in [0, 0.1) is 23.7 Å². The molecule has 0 aliphatic heterocycles. The minimum atomic E-state index is 0.723. The molecule has 0 aromatic carbocycles. The monoisotopic (exact) mass is 264 g/mol. The maximum Gasteiger partial charge on any atom is 0.0644 e. The Labute approximate surface area is 119 Å². The molecule has 1 heteroatoms. The molecule has 2 aliphatic carbocycles. The van der Waals surface area contributed by atoms with Crippen LogP contribution in [0.5, 0.6) is 0 Å². The molecule has 0 bridgehead atoms. The second kappa shape index (κ2) is 8.09. The van der Waals surface area contributed by atoms with Gasteiger partial charge in [-0.25, -0.2) is 0 Å². The predicted octanol–water partition coefficient (Wildman–Crippen LogP) is 5.21. The predicted molar refractivity (Wildman–Crippen MR) is 82.2 cm³/mol. The molecule has 0 saturated heterocycles. The van der Waals surface area contributed by atoms with Crippen LogP contribution in [0.2, 0.25) is 0 Å². The van der Waals surface area contributed by atoms with E-state index in [9.17, 15) is 0 Å². The van der Waals surface area contributed by atoms with E-state index >= 15 is 0 Å². The van der Waals surface area contributed by atoms with E-state index in [2.05, 4.69) is 13.5 Å². The summed E-state index contributed by atoms with van der Waals surface area (Å²) in [6.45, 7) is 7.75. The van der Waals surface area contributed by atoms with Crippen LogP contribution in [0.3, 0.4) is 0 Å². The summed E-state index contributed by atoms with van der Waals surface area (Å²) in [6.07, 6.45) is 15.0. The standard InChI is InChI=1S/C18H32O/c1-3-13-19-14-16-7-11-18(12-8-16)17-9-5-15(4-2)6-10-17/h3,15-18H,1,4-14H2,2H3/t15?,16-,17?,18-. The van der Waals surface area contributed by atoms with Crippen LogP contribution in [0.1, 0.15) is 64.7 Å². The van der Waals surface area contributed by atoms with Crippen LogP contribution >= 0.6 is 0 Å². The molecule has 2 saturated carbocycles. The first-order valence-corrected chi connectivity index (χ1v) is 8.52. The third-order valence-corrected chi connectivity index (χ3v) is 5.62. The second-order valence-electron chi connectivity index (χ2n) is 6.80. The molecule has 0 atom stereocenters. The van der Waals surface area contributed by atoms with Crippen molar-refractivity contribution in [3.8, 4) is 0 Å². The topological polar surface area (TPSA) is 9.23 Å². The number of hydrogen-bond donors (Lipinski definition) is 0. The van der Waals surface area contributed by atoms with Gasteiger partial charge in [0.2, 0.25) is 0 Å². The minimum Gasteiger partial charge on any atom is -0.377 e. The lowest BCUT2D eigenvalue weighted by molar-refractivity contribution is 0.0783. The van der Waals surface area contributed by atoms with Crippen LogP contribution in [-0.4, -0.2) is 13.2 Å². The molecule has 0 spiro atoms. The Kier molecular flexibility index (Phi) is 6.43. The van der Waals surface area contributed by atoms with E-state index in [0.717, 1.165) is 36.9 Å². The van der Waals surface area contributed by atoms with Crippen molar-refractivity contribution in [1.29, 1.82) is 0 Å². The van der Waals surface area contributed by atoms with Gasteiger partial charge in [0.05, 0.1) is 6.61 Å². The van der Waals surface area contributed by atoms with Gasteiger partial charge in [-0.1, -0.05) is 32.3 Å². The van der Waals surface area contributed by atoms with Gasteiger partial charge in [-0.2, -0.15) is 0 Å². The normalized spacial score (nSPS) is 36.1. The van der Waals surface area contributed by atoms with Crippen molar-refractivity contribution in [3.63, 3.8) is 0 Å². The molecule has 0 aromatic heterocycles. The Morgan fingerprint density at radius 3 is 1.89 bits per heavy atom. The van der Waals surface area contributed by atoms with Gasteiger partial charge in [0.25, 0.3) is 0 Å². The van der Waals surface area contributed by atoms with Crippen molar-refractivity contribution >= 4 is 0 Å². The van der Waals surface area contributed by atoms with Crippen molar-refractivity contribution in [2.24, 2.45) is 23.7 Å². The van der Waals surface area contributed by atoms with E-state index < -0.39 is 0 Å². The molecule has 0 amide bonds. The van der Waals surface area contributed by atoms with Crippen molar-refractivity contribution < 1.29 is 4.74 Å². The van der Waals surface area contributed by atoms with Gasteiger partial charge in [0, 0.05) is 6.61 Å². The van der Waals surface area contributed by atoms with Gasteiger partial charge in [-0.3, -0.25) is 0 Å². The van der Waals surface area contributed by atoms with E-state index in [1.54, 1.807) is 0 Å². The molecular formula is C18H32O. The van der Waals surface area contributed by atoms with Crippen molar-refractivity contribution in [1.82, 2.24) is 0 Å². The van der Waals surface area contributed by atoms with Gasteiger partial charge in [0.15, 0.2) is 0 Å². The summed E-state index contributed by atoms with van der Waals surface area (Å²) in [7, 11) is 0. The van der Waals surface area contributed by atoms with Gasteiger partial charge >= 0.3 is 0 Å². The third kappa shape index (κ3) is 4.63. The molecule has 0 N–H and O–H groups in total. The zero-order chi connectivity index (χ0) is 13.5. The highest BCUT2D eigenvalue weighted by molar-refractivity contribution is 4.81. The Bertz CT molecular complexity index is 244. The number of rotatable bonds is 6. The lowest BCUT2D eigenvalue weighted by Gasteiger charge is -2.37. The van der Waals surface area contributed by atoms with Crippen LogP contribution < -0.4 is 0 Å². The maximum absolute atomic E-state index is 5.61. The molecule has 2 aliphatic rings. The fraction of sp³-hybridized carbons (Fsp3) is 0.889. The van der Waals surface area contributed by atoms with E-state index in [1.807, 2.05) is 6.08 Å². The van der Waals surface area contributed by atoms with Crippen LogP contribution in [0.4, 0.5) is 0 Å². The summed E-state index contributed by atoms with van der Waals surface area (Å²) in [5, 5.41) is 0. The van der Waals surface area contributed by atoms with Gasteiger partial charge in [0.1, 0.15) is 0 Å². The fourth-order valence-electron chi connectivity index (χ4n) is 4.21. The number of ether oxygens (including phenoxy) is 1. The second-order valence-corrected chi connectivity index (χ2v) is 6.80. The van der Waals surface area contributed by atoms with Gasteiger partial charge in [-0.15, -0.1) is 6.58 Å². The molecule has 2 rings (SSSR count). The molecule has 2 fully saturated rings. The quantitative estimate of drug-likeness (QED) is 0.472. The highest BCUT2D eigenvalue weighted by Crippen LogP contribution is 2.41. The smallest absolute Gasteiger partial charge is 0.0644 e. The highest BCUT2D eigenvalue weighted by Gasteiger charge is 2.30. The summed E-state index contributed by atoms with van der Waals surface area (Å²) in [5.74, 6) is 3.95. The zero-order valence-corrected chi connectivity index (χ0v) is 12.8. The van der Waals surface area contributed by atoms with E-state index in [-0.39, 0.29) is 0 Å². The fourth-order valence-corrected chi connectivity index (χ4v) is 4.21. The van der Waals surface area contributed by atoms with Crippen molar-refractivity contribution in [2.45, 2.75) is 64.7 Å². The van der Waals surface area contributed by atoms with E-state index in [0.29, 0.717) is 0 Å². The summed E-state index contributed by atoms with van der Waals surface area (Å²) in [6, 6.07) is 0. The minimum absolute atomic E-state index is 0.723. The highest BCUT2D eigenvalue weighted by atomic mass is 16.5. The summed E-state index contributed by atoms with van der Waals surface area (Å²) >= 11 is 0. The summed E-state index contributed by atoms with van der Waals surface area (Å²) in [5.41, 5.74) is 0. The lowest BCUT2D eigenvalue weighted by Crippen LogP contribution is -2.27. The zero-order valence-electron chi connectivity index (χ0n) is 12.8. The molecule has 1 nitrogen and oxygen atoms in total. The van der Waals surface area contributed by atoms with E-state index in [4.69, 9.17) is 4.74 Å². The Morgan fingerprint density at radius 2 is 1.42 bits per heavy atom. The average molecular weight is 264 g/mol. The third-order valence-electron chi connectivity index (χ3n) is 5.62. The Hall–Kier alpha value is -0.300. The summed E-state index contributed by atoms with van der Waals surface area (Å²) in [4.78, 5) is 0. The molecule has 19 heavy (non-hydrogen) atoms. The summed E-state index contributed by atoms with van der Waals surface area (Å²) < 4.78 is 5.61. The Morgan fingerprint density at radius 1 is 0.895 bits per heavy atom. The average Bonchev–Trinajstić information content (AvgIpc) is 2.48. The first-order valence-electron chi connectivity index (χ1n) is 8.52. The maximum atomic E-state index is 5.61. The van der Waals surface area contributed by atoms with Crippen molar-refractivity contribution in [2.75, 3.05) is 13.2 Å². The Balaban J connectivity index is 1.64. The molecule has 110 valence electrons. The molecule has 0 heterocycles. The first-order chi connectivity index (χ1) is 9.33. The SMILES string of the molecule is C=CCOC[C@H]1CC[C@H](C2CCC(CC)CC2)CC1. The van der Waals surface area contributed by atoms with Crippen molar-refractivity contribution in [3.05, 3.63) is 12.7 Å². The van der Waals surface area contributed by atoms with Crippen LogP contribution in [-0.2, 0) is 4.74 Å². The van der Waals surface area contributed by atoms with E-state index in [1.165, 1.54) is 57.8 Å². The largest absolute Gasteiger partial charge is 0.377 e. The molecule has 0 unspecified atom stereocenters. The van der Waals surface area contributed by atoms with Crippen LogP contribution in [0.25, 0.3) is 0 Å².